The molecular formula is C23H33IN4O2. The molecule has 0 radical (unpaired) electrons. The summed E-state index contributed by atoms with van der Waals surface area (Å²) in [7, 11) is 7.28. The molecule has 0 unspecified atom stereocenters. The van der Waals surface area contributed by atoms with Gasteiger partial charge < -0.3 is 19.7 Å². The monoisotopic (exact) mass is 524 g/mol. The predicted octanol–water partition coefficient (Wildman–Crippen LogP) is 3.39. The van der Waals surface area contributed by atoms with E-state index in [0.717, 1.165) is 56.6 Å². The minimum Gasteiger partial charge on any atom is -0.493 e. The molecule has 0 bridgehead atoms. The molecule has 1 N–H and O–H groups in total. The fourth-order valence-electron chi connectivity index (χ4n) is 3.78. The fraction of sp³-hybridized carbons (Fsp3) is 0.435. The number of ether oxygens (including phenoxy) is 2. The second kappa shape index (κ2) is 12.0. The van der Waals surface area contributed by atoms with Gasteiger partial charge in [0.1, 0.15) is 0 Å². The van der Waals surface area contributed by atoms with Crippen molar-refractivity contribution < 1.29 is 9.47 Å². The van der Waals surface area contributed by atoms with Crippen molar-refractivity contribution >= 4 is 29.9 Å². The van der Waals surface area contributed by atoms with Crippen LogP contribution in [0.4, 0.5) is 0 Å². The Kier molecular flexibility index (Phi) is 9.71. The summed E-state index contributed by atoms with van der Waals surface area (Å²) < 4.78 is 10.9. The molecule has 6 nitrogen and oxygen atoms in total. The molecule has 164 valence electrons. The molecule has 0 atom stereocenters. The van der Waals surface area contributed by atoms with Gasteiger partial charge in [-0.15, -0.1) is 24.0 Å². The molecule has 0 spiro atoms. The highest BCUT2D eigenvalue weighted by Crippen LogP contribution is 2.33. The van der Waals surface area contributed by atoms with E-state index in [0.29, 0.717) is 0 Å². The van der Waals surface area contributed by atoms with Crippen molar-refractivity contribution in [2.75, 3.05) is 47.9 Å². The standard InChI is InChI=1S/C23H32N4O2.HI/c1-24-23(26(2)16-18-8-6-5-7-9-18)25-11-13-27-12-10-19-14-21(28-3)22(29-4)15-20(19)17-27;/h5-9,14-15H,10-13,16-17H2,1-4H3,(H,24,25);1H. The van der Waals surface area contributed by atoms with Crippen LogP contribution >= 0.6 is 24.0 Å². The van der Waals surface area contributed by atoms with Gasteiger partial charge in [0, 0.05) is 46.8 Å². The van der Waals surface area contributed by atoms with Gasteiger partial charge in [0.15, 0.2) is 17.5 Å². The first-order chi connectivity index (χ1) is 14.1. The molecule has 0 aromatic heterocycles. The van der Waals surface area contributed by atoms with Crippen molar-refractivity contribution in [3.05, 3.63) is 59.2 Å². The number of nitrogens with zero attached hydrogens (tertiary/aromatic N) is 3. The number of benzene rings is 2. The SMILES string of the molecule is CN=C(NCCN1CCc2cc(OC)c(OC)cc2C1)N(C)Cc1ccccc1.I. The first-order valence-corrected chi connectivity index (χ1v) is 10.1. The maximum absolute atomic E-state index is 5.46. The molecule has 2 aromatic rings. The molecule has 0 aliphatic carbocycles. The van der Waals surface area contributed by atoms with Crippen LogP contribution in [0.1, 0.15) is 16.7 Å². The fourth-order valence-corrected chi connectivity index (χ4v) is 3.78. The summed E-state index contributed by atoms with van der Waals surface area (Å²) in [4.78, 5) is 9.04. The zero-order valence-corrected chi connectivity index (χ0v) is 20.7. The molecule has 30 heavy (non-hydrogen) atoms. The number of fused-ring (bicyclic) bond motifs is 1. The number of nitrogens with one attached hydrogen (secondary N) is 1. The molecule has 1 heterocycles. The third kappa shape index (κ3) is 6.25. The van der Waals surface area contributed by atoms with E-state index in [9.17, 15) is 0 Å². The summed E-state index contributed by atoms with van der Waals surface area (Å²) in [6.07, 6.45) is 1.03. The van der Waals surface area contributed by atoms with Crippen LogP contribution in [0.3, 0.4) is 0 Å². The van der Waals surface area contributed by atoms with E-state index < -0.39 is 0 Å². The van der Waals surface area contributed by atoms with Gasteiger partial charge >= 0.3 is 0 Å². The van der Waals surface area contributed by atoms with Crippen LogP contribution in [-0.2, 0) is 19.5 Å². The number of rotatable bonds is 7. The number of hydrogen-bond donors (Lipinski definition) is 1. The van der Waals surface area contributed by atoms with Crippen molar-refractivity contribution in [2.45, 2.75) is 19.5 Å². The molecule has 0 fully saturated rings. The lowest BCUT2D eigenvalue weighted by atomic mass is 9.99. The zero-order chi connectivity index (χ0) is 20.6. The van der Waals surface area contributed by atoms with E-state index >= 15 is 0 Å². The Hall–Kier alpha value is -2.00. The largest absolute Gasteiger partial charge is 0.493 e. The molecule has 0 saturated carbocycles. The maximum atomic E-state index is 5.46. The van der Waals surface area contributed by atoms with Crippen LogP contribution in [-0.4, -0.2) is 63.7 Å². The van der Waals surface area contributed by atoms with E-state index in [4.69, 9.17) is 9.47 Å². The minimum absolute atomic E-state index is 0. The van der Waals surface area contributed by atoms with E-state index in [2.05, 4.69) is 63.6 Å². The quantitative estimate of drug-likeness (QED) is 0.342. The minimum atomic E-state index is 0. The lowest BCUT2D eigenvalue weighted by Gasteiger charge is -2.30. The van der Waals surface area contributed by atoms with Gasteiger partial charge in [-0.05, 0) is 35.2 Å². The van der Waals surface area contributed by atoms with Crippen LogP contribution in [0.25, 0.3) is 0 Å². The molecule has 2 aromatic carbocycles. The average Bonchev–Trinajstić information content (AvgIpc) is 2.76. The van der Waals surface area contributed by atoms with Gasteiger partial charge in [0.25, 0.3) is 0 Å². The summed E-state index contributed by atoms with van der Waals surface area (Å²) >= 11 is 0. The van der Waals surface area contributed by atoms with Crippen molar-refractivity contribution in [3.8, 4) is 11.5 Å². The highest BCUT2D eigenvalue weighted by atomic mass is 127. The lowest BCUT2D eigenvalue weighted by Crippen LogP contribution is -2.43. The van der Waals surface area contributed by atoms with E-state index in [1.807, 2.05) is 13.1 Å². The summed E-state index contributed by atoms with van der Waals surface area (Å²) in [5.74, 6) is 2.53. The summed E-state index contributed by atoms with van der Waals surface area (Å²) in [6.45, 7) is 4.62. The third-order valence-corrected chi connectivity index (χ3v) is 5.34. The van der Waals surface area contributed by atoms with E-state index in [-0.39, 0.29) is 24.0 Å². The number of aliphatic imine (C=N–C) groups is 1. The van der Waals surface area contributed by atoms with Gasteiger partial charge in [0.2, 0.25) is 0 Å². The first-order valence-electron chi connectivity index (χ1n) is 10.1. The van der Waals surface area contributed by atoms with Gasteiger partial charge in [0.05, 0.1) is 14.2 Å². The van der Waals surface area contributed by atoms with Gasteiger partial charge in [-0.2, -0.15) is 0 Å². The average molecular weight is 524 g/mol. The Bertz CT molecular complexity index is 829. The Balaban J connectivity index is 0.00000320. The Morgan fingerprint density at radius 2 is 1.77 bits per heavy atom. The Labute approximate surface area is 197 Å². The molecule has 3 rings (SSSR count). The molecule has 7 heteroatoms. The van der Waals surface area contributed by atoms with Gasteiger partial charge in [-0.3, -0.25) is 9.89 Å². The topological polar surface area (TPSA) is 49.3 Å². The molecule has 0 amide bonds. The normalized spacial score (nSPS) is 13.8. The molecule has 0 saturated heterocycles. The predicted molar refractivity (Wildman–Crippen MR) is 133 cm³/mol. The first kappa shape index (κ1) is 24.3. The second-order valence-electron chi connectivity index (χ2n) is 7.32. The number of halogens is 1. The highest BCUT2D eigenvalue weighted by Gasteiger charge is 2.19. The summed E-state index contributed by atoms with van der Waals surface area (Å²) in [5.41, 5.74) is 3.94. The second-order valence-corrected chi connectivity index (χ2v) is 7.32. The van der Waals surface area contributed by atoms with Crippen molar-refractivity contribution in [3.63, 3.8) is 0 Å². The Morgan fingerprint density at radius 3 is 2.40 bits per heavy atom. The lowest BCUT2D eigenvalue weighted by molar-refractivity contribution is 0.255. The van der Waals surface area contributed by atoms with Gasteiger partial charge in [-0.1, -0.05) is 30.3 Å². The number of methoxy groups -OCH3 is 2. The van der Waals surface area contributed by atoms with Crippen molar-refractivity contribution in [1.29, 1.82) is 0 Å². The van der Waals surface area contributed by atoms with Crippen LogP contribution in [0, 0.1) is 0 Å². The zero-order valence-electron chi connectivity index (χ0n) is 18.4. The third-order valence-electron chi connectivity index (χ3n) is 5.34. The van der Waals surface area contributed by atoms with Crippen molar-refractivity contribution in [2.24, 2.45) is 4.99 Å². The van der Waals surface area contributed by atoms with Crippen molar-refractivity contribution in [1.82, 2.24) is 15.1 Å². The van der Waals surface area contributed by atoms with Gasteiger partial charge in [-0.25, -0.2) is 0 Å². The highest BCUT2D eigenvalue weighted by molar-refractivity contribution is 14.0. The number of guanidine groups is 1. The maximum Gasteiger partial charge on any atom is 0.193 e. The van der Waals surface area contributed by atoms with Crippen LogP contribution in [0.15, 0.2) is 47.5 Å². The summed E-state index contributed by atoms with van der Waals surface area (Å²) in [6, 6.07) is 14.7. The Morgan fingerprint density at radius 1 is 1.10 bits per heavy atom. The molecular weight excluding hydrogens is 491 g/mol. The van der Waals surface area contributed by atoms with Crippen LogP contribution in [0.5, 0.6) is 11.5 Å². The summed E-state index contributed by atoms with van der Waals surface area (Å²) in [5, 5.41) is 3.49. The van der Waals surface area contributed by atoms with E-state index in [1.165, 1.54) is 16.7 Å². The van der Waals surface area contributed by atoms with Crippen LogP contribution < -0.4 is 14.8 Å². The smallest absolute Gasteiger partial charge is 0.193 e. The molecule has 1 aliphatic rings. The van der Waals surface area contributed by atoms with Crippen LogP contribution in [0.2, 0.25) is 0 Å². The molecule has 1 aliphatic heterocycles. The number of hydrogen-bond acceptors (Lipinski definition) is 4. The van der Waals surface area contributed by atoms with E-state index in [1.54, 1.807) is 14.2 Å².